The highest BCUT2D eigenvalue weighted by Gasteiger charge is 2.37. The molecule has 0 saturated carbocycles. The lowest BCUT2D eigenvalue weighted by molar-refractivity contribution is -0.144. The Hall–Kier alpha value is -1.95. The summed E-state index contributed by atoms with van der Waals surface area (Å²) < 4.78 is 19.1. The first kappa shape index (κ1) is 17.9. The van der Waals surface area contributed by atoms with E-state index >= 15 is 0 Å². The van der Waals surface area contributed by atoms with Gasteiger partial charge in [-0.05, 0) is 30.2 Å². The number of benzene rings is 2. The van der Waals surface area contributed by atoms with Gasteiger partial charge in [-0.25, -0.2) is 4.39 Å². The summed E-state index contributed by atoms with van der Waals surface area (Å²) in [6.07, 6.45) is -0.359. The van der Waals surface area contributed by atoms with Crippen molar-refractivity contribution in [3.05, 3.63) is 70.5 Å². The molecule has 2 N–H and O–H groups in total. The second-order valence-corrected chi connectivity index (χ2v) is 6.76. The van der Waals surface area contributed by atoms with Gasteiger partial charge in [-0.1, -0.05) is 48.0 Å². The molecule has 2 aromatic carbocycles. The zero-order valence-electron chi connectivity index (χ0n) is 13.9. The second kappa shape index (κ2) is 7.12. The van der Waals surface area contributed by atoms with Crippen molar-refractivity contribution < 1.29 is 13.9 Å². The van der Waals surface area contributed by atoms with Crippen LogP contribution in [-0.2, 0) is 15.1 Å². The van der Waals surface area contributed by atoms with E-state index in [0.717, 1.165) is 11.1 Å². The van der Waals surface area contributed by atoms with Crippen LogP contribution in [0.5, 0.6) is 0 Å². The van der Waals surface area contributed by atoms with Crippen LogP contribution in [0.15, 0.2) is 48.5 Å². The number of ether oxygens (including phenoxy) is 1. The molecule has 1 saturated heterocycles. The van der Waals surface area contributed by atoms with Gasteiger partial charge >= 0.3 is 0 Å². The SMILES string of the molecule is CC(N)(C(=O)N1CCOC(c2ccc(F)c(Cl)c2)C1)c1ccccc1. The van der Waals surface area contributed by atoms with Gasteiger partial charge in [0, 0.05) is 6.54 Å². The summed E-state index contributed by atoms with van der Waals surface area (Å²) in [4.78, 5) is 14.7. The van der Waals surface area contributed by atoms with Crippen molar-refractivity contribution in [1.82, 2.24) is 4.90 Å². The van der Waals surface area contributed by atoms with E-state index in [1.54, 1.807) is 17.9 Å². The number of carbonyl (C=O) groups excluding carboxylic acids is 1. The fourth-order valence-corrected chi connectivity index (χ4v) is 3.17. The number of nitrogens with two attached hydrogens (primary N) is 1. The van der Waals surface area contributed by atoms with Gasteiger partial charge in [0.25, 0.3) is 0 Å². The molecule has 1 heterocycles. The van der Waals surface area contributed by atoms with Crippen LogP contribution in [0.25, 0.3) is 0 Å². The average Bonchev–Trinajstić information content (AvgIpc) is 2.64. The maximum Gasteiger partial charge on any atom is 0.247 e. The first-order valence-corrected chi connectivity index (χ1v) is 8.47. The van der Waals surface area contributed by atoms with Crippen LogP contribution in [0.4, 0.5) is 4.39 Å². The lowest BCUT2D eigenvalue weighted by atomic mass is 9.91. The Morgan fingerprint density at radius 3 is 2.72 bits per heavy atom. The van der Waals surface area contributed by atoms with Crippen LogP contribution < -0.4 is 5.73 Å². The molecule has 6 heteroatoms. The van der Waals surface area contributed by atoms with Crippen LogP contribution in [0.3, 0.4) is 0 Å². The van der Waals surface area contributed by atoms with Crippen molar-refractivity contribution in [2.75, 3.05) is 19.7 Å². The minimum atomic E-state index is -1.12. The Labute approximate surface area is 151 Å². The van der Waals surface area contributed by atoms with Crippen LogP contribution in [0, 0.1) is 5.82 Å². The van der Waals surface area contributed by atoms with Crippen molar-refractivity contribution >= 4 is 17.5 Å². The molecule has 1 aliphatic rings. The van der Waals surface area contributed by atoms with Crippen LogP contribution in [0.1, 0.15) is 24.2 Å². The molecule has 25 heavy (non-hydrogen) atoms. The van der Waals surface area contributed by atoms with E-state index < -0.39 is 11.4 Å². The summed E-state index contributed by atoms with van der Waals surface area (Å²) in [5.74, 6) is -0.645. The summed E-state index contributed by atoms with van der Waals surface area (Å²) >= 11 is 5.85. The fraction of sp³-hybridized carbons (Fsp3) is 0.316. The predicted octanol–water partition coefficient (Wildman–Crippen LogP) is 3.25. The van der Waals surface area contributed by atoms with E-state index in [1.165, 1.54) is 12.1 Å². The Morgan fingerprint density at radius 2 is 2.04 bits per heavy atom. The zero-order valence-corrected chi connectivity index (χ0v) is 14.7. The lowest BCUT2D eigenvalue weighted by Crippen LogP contribution is -2.54. The van der Waals surface area contributed by atoms with Gasteiger partial charge in [-0.3, -0.25) is 4.79 Å². The molecule has 1 fully saturated rings. The number of hydrogen-bond acceptors (Lipinski definition) is 3. The van der Waals surface area contributed by atoms with Gasteiger partial charge in [0.2, 0.25) is 5.91 Å². The van der Waals surface area contributed by atoms with Gasteiger partial charge in [0.15, 0.2) is 0 Å². The average molecular weight is 363 g/mol. The maximum atomic E-state index is 13.4. The third-order valence-electron chi connectivity index (χ3n) is 4.49. The third-order valence-corrected chi connectivity index (χ3v) is 4.78. The molecule has 0 aromatic heterocycles. The standard InChI is InChI=1S/C19H20ClFN2O2/c1-19(22,14-5-3-2-4-6-14)18(24)23-9-10-25-17(12-23)13-7-8-16(21)15(20)11-13/h2-8,11,17H,9-10,12,22H2,1H3. The molecule has 0 bridgehead atoms. The molecule has 0 spiro atoms. The molecular weight excluding hydrogens is 343 g/mol. The molecule has 132 valence electrons. The van der Waals surface area contributed by atoms with E-state index in [0.29, 0.717) is 19.7 Å². The van der Waals surface area contributed by atoms with Crippen molar-refractivity contribution in [3.8, 4) is 0 Å². The minimum Gasteiger partial charge on any atom is -0.370 e. The van der Waals surface area contributed by atoms with Gasteiger partial charge in [-0.15, -0.1) is 0 Å². The van der Waals surface area contributed by atoms with Gasteiger partial charge in [0.1, 0.15) is 17.5 Å². The van der Waals surface area contributed by atoms with Crippen LogP contribution in [0.2, 0.25) is 5.02 Å². The number of nitrogens with zero attached hydrogens (tertiary/aromatic N) is 1. The number of morpholine rings is 1. The Balaban J connectivity index is 1.78. The number of hydrogen-bond donors (Lipinski definition) is 1. The highest BCUT2D eigenvalue weighted by molar-refractivity contribution is 6.30. The molecule has 0 aliphatic carbocycles. The van der Waals surface area contributed by atoms with Gasteiger partial charge in [-0.2, -0.15) is 0 Å². The van der Waals surface area contributed by atoms with Crippen molar-refractivity contribution in [2.24, 2.45) is 5.73 Å². The van der Waals surface area contributed by atoms with E-state index in [1.807, 2.05) is 30.3 Å². The molecule has 2 unspecified atom stereocenters. The minimum absolute atomic E-state index is 0.0394. The van der Waals surface area contributed by atoms with Crippen LogP contribution >= 0.6 is 11.6 Å². The number of carbonyl (C=O) groups is 1. The summed E-state index contributed by atoms with van der Waals surface area (Å²) in [5, 5.41) is 0.0394. The largest absolute Gasteiger partial charge is 0.370 e. The first-order valence-electron chi connectivity index (χ1n) is 8.10. The number of amides is 1. The molecule has 1 aliphatic heterocycles. The smallest absolute Gasteiger partial charge is 0.247 e. The highest BCUT2D eigenvalue weighted by Crippen LogP contribution is 2.28. The highest BCUT2D eigenvalue weighted by atomic mass is 35.5. The van der Waals surface area contributed by atoms with Crippen molar-refractivity contribution in [1.29, 1.82) is 0 Å². The Morgan fingerprint density at radius 1 is 1.32 bits per heavy atom. The normalized spacial score (nSPS) is 20.2. The maximum absolute atomic E-state index is 13.4. The predicted molar refractivity (Wildman–Crippen MR) is 94.7 cm³/mol. The second-order valence-electron chi connectivity index (χ2n) is 6.35. The molecule has 1 amide bonds. The van der Waals surface area contributed by atoms with Crippen molar-refractivity contribution in [3.63, 3.8) is 0 Å². The molecule has 3 rings (SSSR count). The summed E-state index contributed by atoms with van der Waals surface area (Å²) in [6, 6.07) is 13.7. The Kier molecular flexibility index (Phi) is 5.08. The quantitative estimate of drug-likeness (QED) is 0.911. The molecular formula is C19H20ClFN2O2. The zero-order chi connectivity index (χ0) is 18.0. The monoisotopic (exact) mass is 362 g/mol. The van der Waals surface area contributed by atoms with Crippen molar-refractivity contribution in [2.45, 2.75) is 18.6 Å². The van der Waals surface area contributed by atoms with E-state index in [9.17, 15) is 9.18 Å². The lowest BCUT2D eigenvalue weighted by Gasteiger charge is -2.37. The third kappa shape index (κ3) is 3.68. The molecule has 2 aromatic rings. The van der Waals surface area contributed by atoms with E-state index in [2.05, 4.69) is 0 Å². The van der Waals surface area contributed by atoms with Gasteiger partial charge < -0.3 is 15.4 Å². The molecule has 4 nitrogen and oxygen atoms in total. The fourth-order valence-electron chi connectivity index (χ4n) is 2.98. The van der Waals surface area contributed by atoms with Gasteiger partial charge in [0.05, 0.1) is 18.2 Å². The topological polar surface area (TPSA) is 55.6 Å². The molecule has 2 atom stereocenters. The summed E-state index contributed by atoms with van der Waals surface area (Å²) in [7, 11) is 0. The first-order chi connectivity index (χ1) is 11.9. The summed E-state index contributed by atoms with van der Waals surface area (Å²) in [5.41, 5.74) is 6.71. The van der Waals surface area contributed by atoms with E-state index in [4.69, 9.17) is 22.1 Å². The number of rotatable bonds is 3. The van der Waals surface area contributed by atoms with E-state index in [-0.39, 0.29) is 17.0 Å². The van der Waals surface area contributed by atoms with Crippen LogP contribution in [-0.4, -0.2) is 30.5 Å². The number of halogens is 2. The summed E-state index contributed by atoms with van der Waals surface area (Å²) in [6.45, 7) is 2.91. The Bertz CT molecular complexity index is 767. The molecule has 0 radical (unpaired) electrons.